The van der Waals surface area contributed by atoms with Crippen molar-refractivity contribution in [2.45, 2.75) is 70.4 Å². The van der Waals surface area contributed by atoms with Crippen LogP contribution < -0.4 is 4.74 Å². The first-order chi connectivity index (χ1) is 18.5. The maximum Gasteiger partial charge on any atom is 0.272 e. The Morgan fingerprint density at radius 2 is 1.72 bits per heavy atom. The van der Waals surface area contributed by atoms with Crippen molar-refractivity contribution in [2.75, 3.05) is 61.2 Å². The van der Waals surface area contributed by atoms with E-state index in [4.69, 9.17) is 24.2 Å². The van der Waals surface area contributed by atoms with Gasteiger partial charge in [-0.25, -0.2) is 8.78 Å². The van der Waals surface area contributed by atoms with Gasteiger partial charge in [0.25, 0.3) is 6.43 Å². The van der Waals surface area contributed by atoms with E-state index in [9.17, 15) is 8.78 Å². The minimum absolute atomic E-state index is 0.156. The first-order valence-electron chi connectivity index (χ1n) is 13.9. The van der Waals surface area contributed by atoms with E-state index in [2.05, 4.69) is 56.8 Å². The zero-order valence-electron chi connectivity index (χ0n) is 24.7. The second-order valence-corrected chi connectivity index (χ2v) is 11.4. The second kappa shape index (κ2) is 14.4. The fourth-order valence-electron chi connectivity index (χ4n) is 5.10. The van der Waals surface area contributed by atoms with Crippen LogP contribution in [-0.2, 0) is 28.0 Å². The highest BCUT2D eigenvalue weighted by Crippen LogP contribution is 2.36. The lowest BCUT2D eigenvalue weighted by Gasteiger charge is -2.30. The Morgan fingerprint density at radius 1 is 1.00 bits per heavy atom. The summed E-state index contributed by atoms with van der Waals surface area (Å²) in [5.74, 6) is 0.902. The van der Waals surface area contributed by atoms with E-state index in [-0.39, 0.29) is 17.3 Å². The first-order valence-corrected chi connectivity index (χ1v) is 13.9. The number of alkyl halides is 2. The molecule has 0 amide bonds. The molecule has 2 aromatic rings. The number of pyridine rings is 2. The summed E-state index contributed by atoms with van der Waals surface area (Å²) in [5.41, 5.74) is 4.82. The quantitative estimate of drug-likeness (QED) is 0.302. The van der Waals surface area contributed by atoms with Crippen LogP contribution in [0.15, 0.2) is 24.3 Å². The van der Waals surface area contributed by atoms with Gasteiger partial charge < -0.3 is 24.0 Å². The molecule has 0 spiro atoms. The topological polar surface area (TPSA) is 60.0 Å². The number of hydrogen-bond acceptors (Lipinski definition) is 7. The highest BCUT2D eigenvalue weighted by molar-refractivity contribution is 5.34. The van der Waals surface area contributed by atoms with E-state index in [0.29, 0.717) is 31.2 Å². The average Bonchev–Trinajstić information content (AvgIpc) is 3.35. The van der Waals surface area contributed by atoms with Crippen molar-refractivity contribution >= 4 is 0 Å². The Balaban J connectivity index is 1.72. The Morgan fingerprint density at radius 3 is 2.33 bits per heavy atom. The maximum absolute atomic E-state index is 12.8. The van der Waals surface area contributed by atoms with Gasteiger partial charge in [-0.05, 0) is 76.1 Å². The van der Waals surface area contributed by atoms with Crippen molar-refractivity contribution in [1.82, 2.24) is 19.8 Å². The summed E-state index contributed by atoms with van der Waals surface area (Å²) >= 11 is 0. The van der Waals surface area contributed by atoms with Crippen LogP contribution in [0.5, 0.6) is 5.75 Å². The van der Waals surface area contributed by atoms with Crippen LogP contribution in [0.4, 0.5) is 8.78 Å². The summed E-state index contributed by atoms with van der Waals surface area (Å²) < 4.78 is 42.4. The number of rotatable bonds is 15. The molecule has 0 N–H and O–H groups in total. The van der Waals surface area contributed by atoms with Crippen LogP contribution in [0, 0.1) is 0 Å². The van der Waals surface area contributed by atoms with Crippen molar-refractivity contribution in [2.24, 2.45) is 0 Å². The van der Waals surface area contributed by atoms with E-state index in [0.717, 1.165) is 49.6 Å². The van der Waals surface area contributed by atoms with Crippen LogP contribution in [0.3, 0.4) is 0 Å². The van der Waals surface area contributed by atoms with Crippen LogP contribution in [0.25, 0.3) is 0 Å². The van der Waals surface area contributed by atoms with Gasteiger partial charge in [-0.3, -0.25) is 9.97 Å². The zero-order valence-corrected chi connectivity index (χ0v) is 24.7. The molecule has 9 heteroatoms. The zero-order chi connectivity index (χ0) is 28.6. The molecule has 2 aromatic heterocycles. The van der Waals surface area contributed by atoms with Gasteiger partial charge in [0.15, 0.2) is 0 Å². The Bertz CT molecular complexity index is 1040. The third-order valence-corrected chi connectivity index (χ3v) is 7.34. The van der Waals surface area contributed by atoms with Crippen LogP contribution in [-0.4, -0.2) is 87.4 Å². The third-order valence-electron chi connectivity index (χ3n) is 7.34. The molecule has 39 heavy (non-hydrogen) atoms. The second-order valence-electron chi connectivity index (χ2n) is 11.4. The molecule has 0 bridgehead atoms. The number of aromatic nitrogens is 2. The van der Waals surface area contributed by atoms with Crippen molar-refractivity contribution in [1.29, 1.82) is 0 Å². The summed E-state index contributed by atoms with van der Waals surface area (Å²) in [6, 6.07) is 7.99. The van der Waals surface area contributed by atoms with Crippen molar-refractivity contribution < 1.29 is 23.0 Å². The molecule has 3 heterocycles. The highest BCUT2D eigenvalue weighted by atomic mass is 19.3. The van der Waals surface area contributed by atoms with E-state index in [1.165, 1.54) is 5.56 Å². The number of nitrogens with zero attached hydrogens (tertiary/aromatic N) is 4. The van der Waals surface area contributed by atoms with Crippen LogP contribution in [0.1, 0.15) is 73.8 Å². The van der Waals surface area contributed by atoms with E-state index in [1.807, 2.05) is 13.1 Å². The van der Waals surface area contributed by atoms with Crippen molar-refractivity contribution in [3.05, 3.63) is 52.6 Å². The van der Waals surface area contributed by atoms with Gasteiger partial charge in [-0.2, -0.15) is 0 Å². The largest absolute Gasteiger partial charge is 0.486 e. The van der Waals surface area contributed by atoms with E-state index >= 15 is 0 Å². The van der Waals surface area contributed by atoms with Gasteiger partial charge in [0, 0.05) is 43.6 Å². The van der Waals surface area contributed by atoms with Crippen LogP contribution >= 0.6 is 0 Å². The lowest BCUT2D eigenvalue weighted by molar-refractivity contribution is 0.0807. The fraction of sp³-hybridized carbons (Fsp3) is 0.667. The molecule has 2 unspecified atom stereocenters. The monoisotopic (exact) mass is 548 g/mol. The normalized spacial score (nSPS) is 18.6. The lowest BCUT2D eigenvalue weighted by atomic mass is 9.79. The van der Waals surface area contributed by atoms with Gasteiger partial charge in [0.2, 0.25) is 0 Å². The molecule has 0 aromatic carbocycles. The molecule has 1 aliphatic heterocycles. The van der Waals surface area contributed by atoms with Gasteiger partial charge in [0.05, 0.1) is 24.6 Å². The average molecular weight is 549 g/mol. The number of hydrogen-bond donors (Lipinski definition) is 0. The van der Waals surface area contributed by atoms with Gasteiger partial charge >= 0.3 is 0 Å². The molecule has 1 saturated heterocycles. The third kappa shape index (κ3) is 8.64. The minimum Gasteiger partial charge on any atom is -0.486 e. The van der Waals surface area contributed by atoms with Gasteiger partial charge in [-0.1, -0.05) is 26.8 Å². The molecular weight excluding hydrogens is 502 g/mol. The van der Waals surface area contributed by atoms with Crippen molar-refractivity contribution in [3.63, 3.8) is 0 Å². The molecule has 1 fully saturated rings. The van der Waals surface area contributed by atoms with E-state index in [1.54, 1.807) is 13.2 Å². The summed E-state index contributed by atoms with van der Waals surface area (Å²) in [7, 11) is 7.89. The number of ether oxygens (including phenoxy) is 3. The van der Waals surface area contributed by atoms with Crippen LogP contribution in [0.2, 0.25) is 0 Å². The minimum atomic E-state index is -2.52. The molecule has 7 nitrogen and oxygen atoms in total. The fourth-order valence-corrected chi connectivity index (χ4v) is 5.10. The molecule has 218 valence electrons. The van der Waals surface area contributed by atoms with E-state index < -0.39 is 13.0 Å². The van der Waals surface area contributed by atoms with Gasteiger partial charge in [-0.15, -0.1) is 0 Å². The first kappa shape index (κ1) is 31.3. The molecule has 0 saturated carbocycles. The smallest absolute Gasteiger partial charge is 0.272 e. The SMILES string of the molecule is COCC1(c2ccc(C(C)CCN(C)Cc3nc(C(C)C)ccc3OCC(F)F)nc2CN(C)C)CCOC1. The summed E-state index contributed by atoms with van der Waals surface area (Å²) in [5, 5.41) is 0. The van der Waals surface area contributed by atoms with Crippen molar-refractivity contribution in [3.8, 4) is 5.75 Å². The highest BCUT2D eigenvalue weighted by Gasteiger charge is 2.39. The Hall–Kier alpha value is -2.20. The summed E-state index contributed by atoms with van der Waals surface area (Å²) in [6.45, 7) is 9.77. The lowest BCUT2D eigenvalue weighted by Crippen LogP contribution is -2.34. The Kier molecular flexibility index (Phi) is 11.6. The number of halogens is 2. The predicted octanol–water partition coefficient (Wildman–Crippen LogP) is 5.24. The summed E-state index contributed by atoms with van der Waals surface area (Å²) in [4.78, 5) is 14.2. The predicted molar refractivity (Wildman–Crippen MR) is 150 cm³/mol. The molecule has 1 aliphatic rings. The summed E-state index contributed by atoms with van der Waals surface area (Å²) in [6.07, 6.45) is -0.700. The molecule has 2 atom stereocenters. The van der Waals surface area contributed by atoms with Gasteiger partial charge in [0.1, 0.15) is 12.4 Å². The molecule has 3 rings (SSSR count). The molecule has 0 aliphatic carbocycles. The number of methoxy groups -OCH3 is 1. The standard InChI is InChI=1S/C30H46F2N4O3/c1-21(2)24-10-11-28(39-18-29(31)32)27(33-24)17-36(6)14-12-22(3)25-9-8-23(26(34-25)16-35(4)5)30(19-37-7)13-15-38-20-30/h8-11,21-22,29H,12-20H2,1-7H3. The molecular formula is C30H46F2N4O3. The maximum atomic E-state index is 12.8. The Labute approximate surface area is 232 Å². The molecule has 0 radical (unpaired) electrons.